The van der Waals surface area contributed by atoms with Gasteiger partial charge in [0.25, 0.3) is 0 Å². The van der Waals surface area contributed by atoms with Crippen molar-refractivity contribution < 1.29 is 9.59 Å². The highest BCUT2D eigenvalue weighted by atomic mass is 16.2. The standard InChI is InChI=1S/C14H24N2O2/c1-14(2,3)15-8-5-9-16-12(17)10-6-4-7-11(10)13(16)18/h10-11,15H,4-9H2,1-3H3. The Morgan fingerprint density at radius 1 is 1.17 bits per heavy atom. The van der Waals surface area contributed by atoms with E-state index in [1.165, 1.54) is 4.90 Å². The molecule has 2 fully saturated rings. The number of likely N-dealkylation sites (tertiary alicyclic amines) is 1. The van der Waals surface area contributed by atoms with Gasteiger partial charge in [-0.15, -0.1) is 0 Å². The lowest BCUT2D eigenvalue weighted by Crippen LogP contribution is -2.39. The molecule has 0 spiro atoms. The van der Waals surface area contributed by atoms with Gasteiger partial charge in [-0.3, -0.25) is 14.5 Å². The van der Waals surface area contributed by atoms with E-state index < -0.39 is 0 Å². The Morgan fingerprint density at radius 2 is 1.72 bits per heavy atom. The summed E-state index contributed by atoms with van der Waals surface area (Å²) >= 11 is 0. The molecule has 2 aliphatic rings. The number of fused-ring (bicyclic) bond motifs is 1. The summed E-state index contributed by atoms with van der Waals surface area (Å²) < 4.78 is 0. The smallest absolute Gasteiger partial charge is 0.233 e. The zero-order valence-electron chi connectivity index (χ0n) is 11.7. The Hall–Kier alpha value is -0.900. The predicted octanol–water partition coefficient (Wildman–Crippen LogP) is 1.55. The summed E-state index contributed by atoms with van der Waals surface area (Å²) in [5.41, 5.74) is 0.0928. The predicted molar refractivity (Wildman–Crippen MR) is 69.9 cm³/mol. The molecule has 1 heterocycles. The minimum absolute atomic E-state index is 0.00748. The molecule has 1 aliphatic carbocycles. The van der Waals surface area contributed by atoms with Gasteiger partial charge < -0.3 is 5.32 Å². The molecular formula is C14H24N2O2. The van der Waals surface area contributed by atoms with Crippen LogP contribution in [0.25, 0.3) is 0 Å². The Bertz CT molecular complexity index is 324. The van der Waals surface area contributed by atoms with Gasteiger partial charge in [-0.05, 0) is 46.6 Å². The van der Waals surface area contributed by atoms with E-state index >= 15 is 0 Å². The molecule has 0 radical (unpaired) electrons. The van der Waals surface area contributed by atoms with Crippen molar-refractivity contribution in [2.45, 2.75) is 52.0 Å². The van der Waals surface area contributed by atoms with Crippen molar-refractivity contribution in [1.82, 2.24) is 10.2 Å². The van der Waals surface area contributed by atoms with Crippen LogP contribution in [0.5, 0.6) is 0 Å². The molecule has 2 atom stereocenters. The van der Waals surface area contributed by atoms with Gasteiger partial charge in [0.1, 0.15) is 0 Å². The monoisotopic (exact) mass is 252 g/mol. The largest absolute Gasteiger partial charge is 0.312 e. The molecule has 4 heteroatoms. The van der Waals surface area contributed by atoms with Crippen LogP contribution in [0, 0.1) is 11.8 Å². The highest BCUT2D eigenvalue weighted by Crippen LogP contribution is 2.39. The molecule has 1 N–H and O–H groups in total. The number of hydrogen-bond donors (Lipinski definition) is 1. The lowest BCUT2D eigenvalue weighted by Gasteiger charge is -2.22. The average Bonchev–Trinajstić information content (AvgIpc) is 2.81. The fourth-order valence-corrected chi connectivity index (χ4v) is 2.98. The summed E-state index contributed by atoms with van der Waals surface area (Å²) in [6.45, 7) is 7.76. The van der Waals surface area contributed by atoms with E-state index in [0.717, 1.165) is 32.2 Å². The van der Waals surface area contributed by atoms with Gasteiger partial charge in [0.05, 0.1) is 11.8 Å². The van der Waals surface area contributed by atoms with E-state index in [9.17, 15) is 9.59 Å². The van der Waals surface area contributed by atoms with E-state index in [1.54, 1.807) is 0 Å². The second-order valence-electron chi connectivity index (χ2n) is 6.50. The van der Waals surface area contributed by atoms with Crippen LogP contribution in [0.1, 0.15) is 46.5 Å². The maximum atomic E-state index is 12.1. The second kappa shape index (κ2) is 5.00. The van der Waals surface area contributed by atoms with E-state index in [0.29, 0.717) is 6.54 Å². The Balaban J connectivity index is 1.80. The number of carbonyl (C=O) groups is 2. The maximum absolute atomic E-state index is 12.1. The van der Waals surface area contributed by atoms with Crippen LogP contribution in [0.4, 0.5) is 0 Å². The zero-order chi connectivity index (χ0) is 13.3. The van der Waals surface area contributed by atoms with E-state index in [-0.39, 0.29) is 29.2 Å². The van der Waals surface area contributed by atoms with Crippen molar-refractivity contribution in [1.29, 1.82) is 0 Å². The normalized spacial score (nSPS) is 28.1. The summed E-state index contributed by atoms with van der Waals surface area (Å²) in [7, 11) is 0. The molecule has 0 aromatic carbocycles. The molecule has 1 saturated heterocycles. The van der Waals surface area contributed by atoms with Crippen molar-refractivity contribution in [2.24, 2.45) is 11.8 Å². The molecule has 102 valence electrons. The molecule has 0 bridgehead atoms. The molecule has 4 nitrogen and oxygen atoms in total. The molecule has 18 heavy (non-hydrogen) atoms. The van der Waals surface area contributed by atoms with Crippen LogP contribution in [0.2, 0.25) is 0 Å². The van der Waals surface area contributed by atoms with Gasteiger partial charge in [0.2, 0.25) is 11.8 Å². The van der Waals surface area contributed by atoms with Crippen molar-refractivity contribution in [3.63, 3.8) is 0 Å². The first-order chi connectivity index (χ1) is 8.40. The third-order valence-corrected chi connectivity index (χ3v) is 3.90. The van der Waals surface area contributed by atoms with Crippen molar-refractivity contribution in [3.8, 4) is 0 Å². The fraction of sp³-hybridized carbons (Fsp3) is 0.857. The number of imide groups is 1. The lowest BCUT2D eigenvalue weighted by molar-refractivity contribution is -0.140. The van der Waals surface area contributed by atoms with E-state index in [4.69, 9.17) is 0 Å². The van der Waals surface area contributed by atoms with E-state index in [1.807, 2.05) is 0 Å². The molecule has 1 saturated carbocycles. The molecule has 2 rings (SSSR count). The average molecular weight is 252 g/mol. The zero-order valence-corrected chi connectivity index (χ0v) is 11.7. The summed E-state index contributed by atoms with van der Waals surface area (Å²) in [6.07, 6.45) is 3.69. The van der Waals surface area contributed by atoms with Gasteiger partial charge in [0, 0.05) is 12.1 Å². The summed E-state index contributed by atoms with van der Waals surface area (Å²) in [5.74, 6) is 0.178. The van der Waals surface area contributed by atoms with Crippen molar-refractivity contribution >= 4 is 11.8 Å². The van der Waals surface area contributed by atoms with Crippen LogP contribution in [0.3, 0.4) is 0 Å². The highest BCUT2D eigenvalue weighted by molar-refractivity contribution is 6.05. The quantitative estimate of drug-likeness (QED) is 0.610. The fourth-order valence-electron chi connectivity index (χ4n) is 2.98. The Labute approximate surface area is 109 Å². The Morgan fingerprint density at radius 3 is 2.22 bits per heavy atom. The first-order valence-electron chi connectivity index (χ1n) is 7.00. The van der Waals surface area contributed by atoms with Crippen LogP contribution in [-0.4, -0.2) is 35.3 Å². The van der Waals surface area contributed by atoms with Gasteiger partial charge in [-0.2, -0.15) is 0 Å². The van der Waals surface area contributed by atoms with Crippen molar-refractivity contribution in [3.05, 3.63) is 0 Å². The summed E-state index contributed by atoms with van der Waals surface area (Å²) in [4.78, 5) is 25.6. The first kappa shape index (κ1) is 13.5. The van der Waals surface area contributed by atoms with Crippen molar-refractivity contribution in [2.75, 3.05) is 13.1 Å². The summed E-state index contributed by atoms with van der Waals surface area (Å²) in [5, 5.41) is 3.38. The SMILES string of the molecule is CC(C)(C)NCCCN1C(=O)C2CCCC2C1=O. The molecule has 0 aromatic heterocycles. The third-order valence-electron chi connectivity index (χ3n) is 3.90. The summed E-state index contributed by atoms with van der Waals surface area (Å²) in [6, 6.07) is 0. The number of nitrogens with one attached hydrogen (secondary N) is 1. The molecule has 2 unspecified atom stereocenters. The minimum Gasteiger partial charge on any atom is -0.312 e. The number of carbonyl (C=O) groups excluding carboxylic acids is 2. The molecule has 0 aromatic rings. The van der Waals surface area contributed by atoms with Crippen LogP contribution in [-0.2, 0) is 9.59 Å². The van der Waals surface area contributed by atoms with E-state index in [2.05, 4.69) is 26.1 Å². The minimum atomic E-state index is 0.00748. The number of rotatable bonds is 4. The second-order valence-corrected chi connectivity index (χ2v) is 6.50. The van der Waals surface area contributed by atoms with Crippen LogP contribution < -0.4 is 5.32 Å². The highest BCUT2D eigenvalue weighted by Gasteiger charge is 2.49. The molecule has 2 amide bonds. The van der Waals surface area contributed by atoms with Crippen LogP contribution >= 0.6 is 0 Å². The van der Waals surface area contributed by atoms with Gasteiger partial charge in [0.15, 0.2) is 0 Å². The number of nitrogens with zero attached hydrogens (tertiary/aromatic N) is 1. The maximum Gasteiger partial charge on any atom is 0.233 e. The molecular weight excluding hydrogens is 228 g/mol. The number of hydrogen-bond acceptors (Lipinski definition) is 3. The lowest BCUT2D eigenvalue weighted by atomic mass is 10.00. The topological polar surface area (TPSA) is 49.4 Å². The third kappa shape index (κ3) is 2.74. The van der Waals surface area contributed by atoms with Gasteiger partial charge >= 0.3 is 0 Å². The molecule has 1 aliphatic heterocycles. The van der Waals surface area contributed by atoms with Crippen LogP contribution in [0.15, 0.2) is 0 Å². The van der Waals surface area contributed by atoms with Gasteiger partial charge in [-0.1, -0.05) is 6.42 Å². The first-order valence-corrected chi connectivity index (χ1v) is 7.00. The Kier molecular flexibility index (Phi) is 3.76. The number of amides is 2. The van der Waals surface area contributed by atoms with Gasteiger partial charge in [-0.25, -0.2) is 0 Å².